The smallest absolute Gasteiger partial charge is 0.270 e. The van der Waals surface area contributed by atoms with Crippen LogP contribution in [0.15, 0.2) is 36.4 Å². The first-order valence-electron chi connectivity index (χ1n) is 7.49. The predicted octanol–water partition coefficient (Wildman–Crippen LogP) is 2.38. The number of non-ortho nitro benzene ring substituents is 1. The fourth-order valence-electron chi connectivity index (χ4n) is 2.95. The second-order valence-electron chi connectivity index (χ2n) is 5.60. The number of carbonyl (C=O) groups excluding carboxylic acids is 1. The molecule has 7 heteroatoms. The Labute approximate surface area is 138 Å². The maximum atomic E-state index is 12.8. The summed E-state index contributed by atoms with van der Waals surface area (Å²) in [6, 6.07) is 9.66. The topological polar surface area (TPSA) is 98.7 Å². The lowest BCUT2D eigenvalue weighted by molar-refractivity contribution is -0.384. The van der Waals surface area contributed by atoms with Crippen LogP contribution >= 0.6 is 0 Å². The van der Waals surface area contributed by atoms with Gasteiger partial charge >= 0.3 is 0 Å². The van der Waals surface area contributed by atoms with Gasteiger partial charge in [-0.15, -0.1) is 0 Å². The molecular weight excluding hydrogens is 310 g/mol. The van der Waals surface area contributed by atoms with Crippen molar-refractivity contribution in [1.82, 2.24) is 4.90 Å². The van der Waals surface area contributed by atoms with Crippen molar-refractivity contribution in [2.45, 2.75) is 13.0 Å². The summed E-state index contributed by atoms with van der Waals surface area (Å²) in [5.74, 6) is 0.513. The number of methoxy groups -OCH3 is 1. The number of rotatable bonds is 3. The van der Waals surface area contributed by atoms with Crippen molar-refractivity contribution in [2.24, 2.45) is 0 Å². The Kier molecular flexibility index (Phi) is 4.07. The molecule has 0 aromatic heterocycles. The van der Waals surface area contributed by atoms with Crippen LogP contribution in [0.2, 0.25) is 0 Å². The molecule has 7 nitrogen and oxygen atoms in total. The molecule has 0 fully saturated rings. The third-order valence-electron chi connectivity index (χ3n) is 4.21. The lowest BCUT2D eigenvalue weighted by Crippen LogP contribution is -2.36. The van der Waals surface area contributed by atoms with E-state index in [-0.39, 0.29) is 22.8 Å². The van der Waals surface area contributed by atoms with Gasteiger partial charge in [0.25, 0.3) is 11.6 Å². The third kappa shape index (κ3) is 2.76. The Bertz CT molecular complexity index is 819. The Balaban J connectivity index is 1.89. The van der Waals surface area contributed by atoms with Gasteiger partial charge in [-0.25, -0.2) is 0 Å². The maximum Gasteiger partial charge on any atom is 0.270 e. The molecule has 124 valence electrons. The Morgan fingerprint density at radius 3 is 2.83 bits per heavy atom. The number of benzene rings is 2. The Hall–Kier alpha value is -3.09. The summed E-state index contributed by atoms with van der Waals surface area (Å²) in [5.41, 5.74) is 8.21. The summed E-state index contributed by atoms with van der Waals surface area (Å²) in [6.45, 7) is 0.932. The molecular formula is C17H17N3O4. The van der Waals surface area contributed by atoms with Crippen molar-refractivity contribution in [3.63, 3.8) is 0 Å². The summed E-state index contributed by atoms with van der Waals surface area (Å²) < 4.78 is 5.36. The van der Waals surface area contributed by atoms with Crippen LogP contribution < -0.4 is 10.5 Å². The molecule has 0 saturated heterocycles. The molecule has 2 N–H and O–H groups in total. The van der Waals surface area contributed by atoms with E-state index in [1.807, 2.05) is 18.2 Å². The number of fused-ring (bicyclic) bond motifs is 1. The molecule has 0 aliphatic carbocycles. The number of anilines is 1. The molecule has 0 bridgehead atoms. The Morgan fingerprint density at radius 2 is 2.12 bits per heavy atom. The minimum Gasteiger partial charge on any atom is -0.496 e. The fourth-order valence-corrected chi connectivity index (χ4v) is 2.95. The summed E-state index contributed by atoms with van der Waals surface area (Å²) in [7, 11) is 1.62. The van der Waals surface area contributed by atoms with Crippen LogP contribution in [0.3, 0.4) is 0 Å². The first-order valence-corrected chi connectivity index (χ1v) is 7.49. The summed E-state index contributed by atoms with van der Waals surface area (Å²) in [5, 5.41) is 10.9. The monoisotopic (exact) mass is 327 g/mol. The first-order chi connectivity index (χ1) is 11.5. The molecule has 0 unspecified atom stereocenters. The van der Waals surface area contributed by atoms with Crippen LogP contribution in [-0.4, -0.2) is 29.4 Å². The zero-order chi connectivity index (χ0) is 17.3. The van der Waals surface area contributed by atoms with Gasteiger partial charge in [-0.05, 0) is 24.1 Å². The van der Waals surface area contributed by atoms with Gasteiger partial charge < -0.3 is 15.4 Å². The highest BCUT2D eigenvalue weighted by Crippen LogP contribution is 2.29. The maximum absolute atomic E-state index is 12.8. The third-order valence-corrected chi connectivity index (χ3v) is 4.21. The van der Waals surface area contributed by atoms with Gasteiger partial charge in [0.1, 0.15) is 5.75 Å². The highest BCUT2D eigenvalue weighted by Gasteiger charge is 2.26. The average molecular weight is 327 g/mol. The van der Waals surface area contributed by atoms with Crippen molar-refractivity contribution in [2.75, 3.05) is 19.4 Å². The standard InChI is InChI=1S/C17H17N3O4/c1-24-16-4-2-3-11-10-19(8-7-13(11)16)17(21)14-9-12(20(22)23)5-6-15(14)18/h2-6,9H,7-8,10,18H2,1H3. The molecule has 2 aromatic carbocycles. The van der Waals surface area contributed by atoms with E-state index in [9.17, 15) is 14.9 Å². The molecule has 1 aliphatic heterocycles. The zero-order valence-corrected chi connectivity index (χ0v) is 13.2. The van der Waals surface area contributed by atoms with Gasteiger partial charge in [-0.3, -0.25) is 14.9 Å². The average Bonchev–Trinajstić information content (AvgIpc) is 2.60. The molecule has 1 heterocycles. The lowest BCUT2D eigenvalue weighted by Gasteiger charge is -2.30. The van der Waals surface area contributed by atoms with Gasteiger partial charge in [-0.2, -0.15) is 0 Å². The molecule has 0 spiro atoms. The number of carbonyl (C=O) groups is 1. The van der Waals surface area contributed by atoms with Gasteiger partial charge in [0.05, 0.1) is 17.6 Å². The second kappa shape index (κ2) is 6.19. The normalized spacial score (nSPS) is 13.3. The SMILES string of the molecule is COc1cccc2c1CCN(C(=O)c1cc([N+](=O)[O-])ccc1N)C2. The molecule has 2 aromatic rings. The van der Waals surface area contributed by atoms with Gasteiger partial charge in [0.15, 0.2) is 0 Å². The number of nitrogen functional groups attached to an aromatic ring is 1. The largest absolute Gasteiger partial charge is 0.496 e. The minimum atomic E-state index is -0.535. The van der Waals surface area contributed by atoms with Crippen LogP contribution in [0.5, 0.6) is 5.75 Å². The summed E-state index contributed by atoms with van der Waals surface area (Å²) in [6.07, 6.45) is 0.667. The van der Waals surface area contributed by atoms with E-state index >= 15 is 0 Å². The highest BCUT2D eigenvalue weighted by atomic mass is 16.6. The molecule has 0 saturated carbocycles. The lowest BCUT2D eigenvalue weighted by atomic mass is 9.98. The van der Waals surface area contributed by atoms with Crippen molar-refractivity contribution in [3.05, 3.63) is 63.2 Å². The number of nitrogens with two attached hydrogens (primary N) is 1. The van der Waals surface area contributed by atoms with Gasteiger partial charge in [0.2, 0.25) is 0 Å². The second-order valence-corrected chi connectivity index (χ2v) is 5.60. The van der Waals surface area contributed by atoms with E-state index < -0.39 is 4.92 Å². The summed E-state index contributed by atoms with van der Waals surface area (Å²) >= 11 is 0. The quantitative estimate of drug-likeness (QED) is 0.530. The van der Waals surface area contributed by atoms with Crippen molar-refractivity contribution < 1.29 is 14.5 Å². The van der Waals surface area contributed by atoms with E-state index in [2.05, 4.69) is 0 Å². The van der Waals surface area contributed by atoms with Crippen LogP contribution in [0.25, 0.3) is 0 Å². The number of nitro benzene ring substituents is 1. The summed E-state index contributed by atoms with van der Waals surface area (Å²) in [4.78, 5) is 24.8. The van der Waals surface area contributed by atoms with Crippen LogP contribution in [0, 0.1) is 10.1 Å². The molecule has 1 amide bonds. The fraction of sp³-hybridized carbons (Fsp3) is 0.235. The van der Waals surface area contributed by atoms with Crippen molar-refractivity contribution in [1.29, 1.82) is 0 Å². The number of nitro groups is 1. The number of hydrogen-bond donors (Lipinski definition) is 1. The molecule has 24 heavy (non-hydrogen) atoms. The number of ether oxygens (including phenoxy) is 1. The number of hydrogen-bond acceptors (Lipinski definition) is 5. The van der Waals surface area contributed by atoms with E-state index in [4.69, 9.17) is 10.5 Å². The molecule has 0 atom stereocenters. The predicted molar refractivity (Wildman–Crippen MR) is 88.9 cm³/mol. The molecule has 1 aliphatic rings. The zero-order valence-electron chi connectivity index (χ0n) is 13.2. The minimum absolute atomic E-state index is 0.147. The highest BCUT2D eigenvalue weighted by molar-refractivity contribution is 5.99. The Morgan fingerprint density at radius 1 is 1.33 bits per heavy atom. The number of amides is 1. The van der Waals surface area contributed by atoms with Gasteiger partial charge in [0, 0.05) is 36.5 Å². The van der Waals surface area contributed by atoms with Crippen LogP contribution in [0.4, 0.5) is 11.4 Å². The van der Waals surface area contributed by atoms with E-state index in [1.165, 1.54) is 18.2 Å². The van der Waals surface area contributed by atoms with Crippen LogP contribution in [0.1, 0.15) is 21.5 Å². The van der Waals surface area contributed by atoms with E-state index in [0.29, 0.717) is 19.5 Å². The molecule has 3 rings (SSSR count). The van der Waals surface area contributed by atoms with Crippen molar-refractivity contribution >= 4 is 17.3 Å². The van der Waals surface area contributed by atoms with Gasteiger partial charge in [-0.1, -0.05) is 12.1 Å². The van der Waals surface area contributed by atoms with Crippen LogP contribution in [-0.2, 0) is 13.0 Å². The van der Waals surface area contributed by atoms with E-state index in [0.717, 1.165) is 16.9 Å². The number of nitrogens with zero attached hydrogens (tertiary/aromatic N) is 2. The molecule has 0 radical (unpaired) electrons. The first kappa shape index (κ1) is 15.8. The van der Waals surface area contributed by atoms with Crippen molar-refractivity contribution in [3.8, 4) is 5.75 Å². The van der Waals surface area contributed by atoms with E-state index in [1.54, 1.807) is 12.0 Å².